The Hall–Kier alpha value is 3.27. The molecule has 0 heterocycles. The van der Waals surface area contributed by atoms with E-state index in [0.29, 0.717) is 0 Å². The molecule has 0 spiro atoms. The van der Waals surface area contributed by atoms with E-state index in [2.05, 4.69) is 0 Å². The van der Waals surface area contributed by atoms with Crippen LogP contribution < -0.4 is 0 Å². The van der Waals surface area contributed by atoms with Gasteiger partial charge in [-0.2, -0.15) is 0 Å². The quantitative estimate of drug-likeness (QED) is 0.407. The Balaban J connectivity index is 0. The zero-order chi connectivity index (χ0) is 0. The molecule has 0 atom stereocenters. The molecule has 0 nitrogen and oxygen atoms in total. The Morgan fingerprint density at radius 3 is 1.20 bits per heavy atom. The van der Waals surface area contributed by atoms with Crippen molar-refractivity contribution < 1.29 is 27.4 Å². The van der Waals surface area contributed by atoms with Gasteiger partial charge in [0.05, 0.1) is 0 Å². The maximum absolute atomic E-state index is 0. The van der Waals surface area contributed by atoms with Crippen LogP contribution in [-0.2, 0) is 21.7 Å². The van der Waals surface area contributed by atoms with Gasteiger partial charge >= 0.3 is 60.8 Å². The van der Waals surface area contributed by atoms with E-state index >= 15 is 0 Å². The van der Waals surface area contributed by atoms with Crippen molar-refractivity contribution in [3.05, 3.63) is 0 Å². The molecule has 4 heteroatoms. The summed E-state index contributed by atoms with van der Waals surface area (Å²) in [7, 11) is 0. The third kappa shape index (κ3) is 18.9. The third-order valence-corrected chi connectivity index (χ3v) is 0. The summed E-state index contributed by atoms with van der Waals surface area (Å²) >= 11 is 0. The Labute approximate surface area is 111 Å². The van der Waals surface area contributed by atoms with Crippen molar-refractivity contribution in [3.63, 3.8) is 0 Å². The second-order valence-corrected chi connectivity index (χ2v) is 0. The van der Waals surface area contributed by atoms with E-state index in [0.717, 1.165) is 0 Å². The van der Waals surface area contributed by atoms with Crippen LogP contribution in [0, 0.1) is 0 Å². The van der Waals surface area contributed by atoms with E-state index in [1.54, 1.807) is 0 Å². The van der Waals surface area contributed by atoms with Crippen molar-refractivity contribution in [2.45, 2.75) is 7.43 Å². The van der Waals surface area contributed by atoms with Crippen LogP contribution in [0.15, 0.2) is 0 Å². The van der Waals surface area contributed by atoms with Crippen LogP contribution in [0.25, 0.3) is 0 Å². The fraction of sp³-hybridized carbons (Fsp3) is 1.00. The van der Waals surface area contributed by atoms with Crippen molar-refractivity contribution in [1.82, 2.24) is 0 Å². The molecule has 0 rings (SSSR count). The Kier molecular flexibility index (Phi) is 218. The number of rotatable bonds is 0. The summed E-state index contributed by atoms with van der Waals surface area (Å²) in [5.41, 5.74) is 0. The van der Waals surface area contributed by atoms with Crippen molar-refractivity contribution >= 4 is 78.2 Å². The van der Waals surface area contributed by atoms with E-state index in [-0.39, 0.29) is 113 Å². The monoisotopic (exact) mass is 162 g/mol. The summed E-state index contributed by atoms with van der Waals surface area (Å²) in [5.74, 6) is 0. The summed E-state index contributed by atoms with van der Waals surface area (Å²) in [5, 5.41) is 0. The molecule has 0 saturated carbocycles. The van der Waals surface area contributed by atoms with Gasteiger partial charge in [0.2, 0.25) is 0 Å². The molecule has 0 aliphatic carbocycles. The van der Waals surface area contributed by atoms with E-state index < -0.39 is 0 Å². The van der Waals surface area contributed by atoms with Crippen molar-refractivity contribution in [2.75, 3.05) is 0 Å². The molecule has 0 aromatic carbocycles. The number of hydrogen-bond acceptors (Lipinski definition) is 0. The first-order valence-electron chi connectivity index (χ1n) is 0. The van der Waals surface area contributed by atoms with Crippen molar-refractivity contribution in [2.24, 2.45) is 0 Å². The average molecular weight is 162 g/mol. The topological polar surface area (TPSA) is 0 Å². The minimum Gasteiger partial charge on any atom is -1.00 e. The van der Waals surface area contributed by atoms with Gasteiger partial charge in [-0.1, -0.05) is 7.43 Å². The van der Waals surface area contributed by atoms with Crippen LogP contribution in [0.3, 0.4) is 0 Å². The fourth-order valence-corrected chi connectivity index (χ4v) is 0. The van der Waals surface area contributed by atoms with Crippen molar-refractivity contribution in [3.8, 4) is 0 Å². The van der Waals surface area contributed by atoms with Gasteiger partial charge in [0.15, 0.2) is 17.4 Å². The molecule has 0 aromatic heterocycles. The Bertz CT molecular complexity index is 20.5. The van der Waals surface area contributed by atoms with Gasteiger partial charge in [0.25, 0.3) is 0 Å². The van der Waals surface area contributed by atoms with Crippen molar-refractivity contribution in [1.29, 1.82) is 0 Å². The van der Waals surface area contributed by atoms with E-state index in [9.17, 15) is 0 Å². The van der Waals surface area contributed by atoms with Gasteiger partial charge in [0.1, 0.15) is 0 Å². The maximum Gasteiger partial charge on any atom is 2.00 e. The third-order valence-electron chi connectivity index (χ3n) is 0. The van der Waals surface area contributed by atoms with Crippen LogP contribution in [-0.4, -0.2) is 78.2 Å². The number of hydrogen-bond donors (Lipinski definition) is 0. The zero-order valence-corrected chi connectivity index (χ0v) is 7.10. The standard InChI is InChI=1S/CH4.Al.Ca.Mg.Ti.7H/h1H4;;;;;;;;;;;/q;;2*+2;;;;;4*-1. The van der Waals surface area contributed by atoms with Crippen LogP contribution in [0.2, 0.25) is 0 Å². The molecular weight excluding hydrogens is 151 g/mol. The molecule has 0 bridgehead atoms. The Morgan fingerprint density at radius 2 is 1.20 bits per heavy atom. The van der Waals surface area contributed by atoms with Crippen LogP contribution >= 0.6 is 0 Å². The summed E-state index contributed by atoms with van der Waals surface area (Å²) in [6, 6.07) is 0. The van der Waals surface area contributed by atoms with Gasteiger partial charge in [-0.3, -0.25) is 0 Å². The SMILES string of the molecule is C.[AlH3].[Ca+2].[H-].[H-].[H-].[H-].[Mg+2].[Ti]. The van der Waals surface area contributed by atoms with E-state index in [4.69, 9.17) is 0 Å². The normalized spacial score (nSPS) is 0. The molecule has 0 unspecified atom stereocenters. The molecule has 0 saturated heterocycles. The maximum atomic E-state index is 0. The van der Waals surface area contributed by atoms with Gasteiger partial charge < -0.3 is 5.71 Å². The summed E-state index contributed by atoms with van der Waals surface area (Å²) in [6.45, 7) is 0. The molecular formula is CH11AlCaMgTi. The minimum atomic E-state index is 0. The minimum absolute atomic E-state index is 0. The summed E-state index contributed by atoms with van der Waals surface area (Å²) in [6.07, 6.45) is 0. The smallest absolute Gasteiger partial charge is 1.00 e. The van der Waals surface area contributed by atoms with E-state index in [1.807, 2.05) is 0 Å². The van der Waals surface area contributed by atoms with Gasteiger partial charge in [0, 0.05) is 21.7 Å². The molecule has 0 aromatic rings. The van der Waals surface area contributed by atoms with Crippen LogP contribution in [0.5, 0.6) is 0 Å². The molecule has 0 N–H and O–H groups in total. The molecule has 26 valence electrons. The second kappa shape index (κ2) is 26.7. The molecule has 0 aliphatic heterocycles. The summed E-state index contributed by atoms with van der Waals surface area (Å²) < 4.78 is 0. The zero-order valence-electron chi connectivity index (χ0n) is 5.91. The fourth-order valence-electron chi connectivity index (χ4n) is 0. The predicted octanol–water partition coefficient (Wildman–Crippen LogP) is -0.862. The molecule has 0 amide bonds. The largest absolute Gasteiger partial charge is 2.00 e. The van der Waals surface area contributed by atoms with E-state index in [1.165, 1.54) is 0 Å². The Morgan fingerprint density at radius 1 is 1.20 bits per heavy atom. The summed E-state index contributed by atoms with van der Waals surface area (Å²) in [4.78, 5) is 0. The molecule has 5 heavy (non-hydrogen) atoms. The van der Waals surface area contributed by atoms with Crippen LogP contribution in [0.1, 0.15) is 13.1 Å². The molecule has 0 fully saturated rings. The predicted molar refractivity (Wildman–Crippen MR) is 32.6 cm³/mol. The average Bonchev–Trinajstić information content (AvgIpc) is 0. The first kappa shape index (κ1) is 40.9. The first-order valence-corrected chi connectivity index (χ1v) is 0. The molecule has 0 radical (unpaired) electrons. The van der Waals surface area contributed by atoms with Gasteiger partial charge in [-0.25, -0.2) is 0 Å². The molecule has 0 aliphatic rings. The second-order valence-electron chi connectivity index (χ2n) is 0. The van der Waals surface area contributed by atoms with Crippen LogP contribution in [0.4, 0.5) is 0 Å². The first-order chi connectivity index (χ1) is 0. The van der Waals surface area contributed by atoms with Gasteiger partial charge in [-0.15, -0.1) is 0 Å². The van der Waals surface area contributed by atoms with Gasteiger partial charge in [-0.05, 0) is 0 Å².